The second-order valence-electron chi connectivity index (χ2n) is 3.62. The summed E-state index contributed by atoms with van der Waals surface area (Å²) in [6.45, 7) is 4.09. The van der Waals surface area contributed by atoms with Gasteiger partial charge in [-0.15, -0.1) is 12.4 Å². The van der Waals surface area contributed by atoms with Crippen LogP contribution in [0, 0.1) is 5.92 Å². The van der Waals surface area contributed by atoms with Gasteiger partial charge in [-0.1, -0.05) is 0 Å². The Kier molecular flexibility index (Phi) is 7.74. The summed E-state index contributed by atoms with van der Waals surface area (Å²) < 4.78 is 5.33. The van der Waals surface area contributed by atoms with Crippen LogP contribution in [-0.2, 0) is 9.53 Å². The third-order valence-corrected chi connectivity index (χ3v) is 2.38. The lowest BCUT2D eigenvalue weighted by Crippen LogP contribution is -2.27. The minimum atomic E-state index is 0. The Morgan fingerprint density at radius 3 is 2.87 bits per heavy atom. The Balaban J connectivity index is 0.00000196. The first-order chi connectivity index (χ1) is 6.79. The number of unbranched alkanes of at least 4 members (excludes halogenated alkanes) is 1. The number of halogens is 1. The second-order valence-corrected chi connectivity index (χ2v) is 3.62. The zero-order chi connectivity index (χ0) is 10.4. The lowest BCUT2D eigenvalue weighted by Gasteiger charge is -2.03. The van der Waals surface area contributed by atoms with Crippen molar-refractivity contribution in [3.05, 3.63) is 0 Å². The molecule has 4 nitrogen and oxygen atoms in total. The van der Waals surface area contributed by atoms with E-state index in [1.807, 2.05) is 6.92 Å². The number of hydrogen-bond acceptors (Lipinski definition) is 3. The van der Waals surface area contributed by atoms with Crippen LogP contribution in [0.3, 0.4) is 0 Å². The van der Waals surface area contributed by atoms with Gasteiger partial charge in [0.25, 0.3) is 0 Å². The predicted octanol–water partition coefficient (Wildman–Crippen LogP) is 0.688. The van der Waals surface area contributed by atoms with Gasteiger partial charge in [0.15, 0.2) is 0 Å². The van der Waals surface area contributed by atoms with E-state index < -0.39 is 0 Å². The van der Waals surface area contributed by atoms with Crippen LogP contribution >= 0.6 is 12.4 Å². The van der Waals surface area contributed by atoms with Crippen molar-refractivity contribution in [3.63, 3.8) is 0 Å². The third-order valence-electron chi connectivity index (χ3n) is 2.38. The van der Waals surface area contributed by atoms with Crippen LogP contribution < -0.4 is 11.1 Å². The lowest BCUT2D eigenvalue weighted by molar-refractivity contribution is -0.123. The summed E-state index contributed by atoms with van der Waals surface area (Å²) in [6, 6.07) is 0. The zero-order valence-electron chi connectivity index (χ0n) is 9.20. The van der Waals surface area contributed by atoms with E-state index in [-0.39, 0.29) is 30.3 Å². The van der Waals surface area contributed by atoms with Crippen LogP contribution in [0.25, 0.3) is 0 Å². The monoisotopic (exact) mass is 236 g/mol. The molecule has 0 spiro atoms. The molecule has 2 atom stereocenters. The van der Waals surface area contributed by atoms with Gasteiger partial charge in [-0.25, -0.2) is 0 Å². The summed E-state index contributed by atoms with van der Waals surface area (Å²) >= 11 is 0. The van der Waals surface area contributed by atoms with Crippen molar-refractivity contribution in [2.75, 3.05) is 19.7 Å². The number of nitrogens with one attached hydrogen (secondary N) is 1. The van der Waals surface area contributed by atoms with Crippen molar-refractivity contribution in [2.45, 2.75) is 32.3 Å². The molecule has 5 heteroatoms. The smallest absolute Gasteiger partial charge is 0.225 e. The quantitative estimate of drug-likeness (QED) is 0.640. The highest BCUT2D eigenvalue weighted by atomic mass is 35.5. The molecule has 0 aromatic heterocycles. The number of carbonyl (C=O) groups is 1. The molecule has 0 heterocycles. The van der Waals surface area contributed by atoms with Crippen LogP contribution in [0.4, 0.5) is 0 Å². The van der Waals surface area contributed by atoms with Crippen molar-refractivity contribution in [1.82, 2.24) is 5.32 Å². The Labute approximate surface area is 97.3 Å². The van der Waals surface area contributed by atoms with Crippen LogP contribution in [0.15, 0.2) is 0 Å². The highest BCUT2D eigenvalue weighted by Crippen LogP contribution is 2.33. The number of nitrogens with two attached hydrogens (primary N) is 1. The molecule has 1 rings (SSSR count). The fourth-order valence-electron chi connectivity index (χ4n) is 1.46. The highest BCUT2D eigenvalue weighted by Gasteiger charge is 2.43. The topological polar surface area (TPSA) is 64.3 Å². The van der Waals surface area contributed by atoms with Gasteiger partial charge < -0.3 is 15.8 Å². The Morgan fingerprint density at radius 1 is 1.53 bits per heavy atom. The largest absolute Gasteiger partial charge is 0.378 e. The van der Waals surface area contributed by atoms with E-state index in [0.29, 0.717) is 13.2 Å². The van der Waals surface area contributed by atoms with Crippen molar-refractivity contribution in [3.8, 4) is 0 Å². The first-order valence-electron chi connectivity index (χ1n) is 5.39. The zero-order valence-corrected chi connectivity index (χ0v) is 10.0. The maximum Gasteiger partial charge on any atom is 0.225 e. The number of amides is 1. The van der Waals surface area contributed by atoms with E-state index in [0.717, 1.165) is 25.8 Å². The van der Waals surface area contributed by atoms with Gasteiger partial charge >= 0.3 is 0 Å². The molecule has 0 aromatic carbocycles. The van der Waals surface area contributed by atoms with Crippen molar-refractivity contribution >= 4 is 18.3 Å². The average Bonchev–Trinajstić information content (AvgIpc) is 2.92. The van der Waals surface area contributed by atoms with Gasteiger partial charge in [-0.3, -0.25) is 4.79 Å². The summed E-state index contributed by atoms with van der Waals surface area (Å²) in [5, 5.41) is 2.89. The van der Waals surface area contributed by atoms with Gasteiger partial charge in [-0.05, 0) is 32.7 Å². The fraction of sp³-hybridized carbons (Fsp3) is 0.900. The highest BCUT2D eigenvalue weighted by molar-refractivity contribution is 5.85. The average molecular weight is 237 g/mol. The normalized spacial score (nSPS) is 23.1. The summed E-state index contributed by atoms with van der Waals surface area (Å²) in [6.07, 6.45) is 3.00. The molecule has 0 aliphatic heterocycles. The molecule has 2 unspecified atom stereocenters. The van der Waals surface area contributed by atoms with E-state index in [4.69, 9.17) is 10.5 Å². The molecule has 0 saturated heterocycles. The summed E-state index contributed by atoms with van der Waals surface area (Å²) in [7, 11) is 0. The van der Waals surface area contributed by atoms with Gasteiger partial charge in [0.2, 0.25) is 5.91 Å². The number of hydrogen-bond donors (Lipinski definition) is 2. The molecule has 0 aromatic rings. The molecule has 1 aliphatic carbocycles. The summed E-state index contributed by atoms with van der Waals surface area (Å²) in [5.74, 6) is 0.244. The maximum atomic E-state index is 11.4. The lowest BCUT2D eigenvalue weighted by atomic mass is 10.3. The summed E-state index contributed by atoms with van der Waals surface area (Å²) in [5.41, 5.74) is 5.35. The molecule has 1 saturated carbocycles. The first-order valence-corrected chi connectivity index (χ1v) is 5.39. The number of ether oxygens (including phenoxy) is 1. The van der Waals surface area contributed by atoms with E-state index in [2.05, 4.69) is 5.32 Å². The molecule has 3 N–H and O–H groups in total. The second kappa shape index (κ2) is 7.91. The van der Waals surface area contributed by atoms with Gasteiger partial charge in [-0.2, -0.15) is 0 Å². The third kappa shape index (κ3) is 5.35. The van der Waals surface area contributed by atoms with E-state index in [1.54, 1.807) is 0 Å². The molecule has 1 aliphatic rings. The van der Waals surface area contributed by atoms with E-state index in [9.17, 15) is 4.79 Å². The minimum absolute atomic E-state index is 0. The molecule has 0 radical (unpaired) electrons. The number of rotatable bonds is 7. The predicted molar refractivity (Wildman–Crippen MR) is 62.1 cm³/mol. The van der Waals surface area contributed by atoms with Gasteiger partial charge in [0.1, 0.15) is 0 Å². The first kappa shape index (κ1) is 14.7. The van der Waals surface area contributed by atoms with Crippen LogP contribution in [0.1, 0.15) is 26.2 Å². The van der Waals surface area contributed by atoms with Crippen molar-refractivity contribution in [1.29, 1.82) is 0 Å². The van der Waals surface area contributed by atoms with E-state index >= 15 is 0 Å². The number of carbonyl (C=O) groups excluding carboxylic acids is 1. The van der Waals surface area contributed by atoms with Crippen LogP contribution in [-0.4, -0.2) is 31.7 Å². The molecular weight excluding hydrogens is 216 g/mol. The van der Waals surface area contributed by atoms with Gasteiger partial charge in [0, 0.05) is 13.2 Å². The Bertz CT molecular complexity index is 190. The van der Waals surface area contributed by atoms with Crippen LogP contribution in [0.5, 0.6) is 0 Å². The van der Waals surface area contributed by atoms with E-state index in [1.165, 1.54) is 0 Å². The summed E-state index contributed by atoms with van der Waals surface area (Å²) in [4.78, 5) is 11.4. The molecule has 90 valence electrons. The maximum absolute atomic E-state index is 11.4. The fourth-order valence-corrected chi connectivity index (χ4v) is 1.46. The molecule has 15 heavy (non-hydrogen) atoms. The van der Waals surface area contributed by atoms with Crippen LogP contribution in [0.2, 0.25) is 0 Å². The molecular formula is C10H21ClN2O2. The minimum Gasteiger partial charge on any atom is -0.378 e. The Hall–Kier alpha value is -0.320. The van der Waals surface area contributed by atoms with Crippen molar-refractivity contribution < 1.29 is 9.53 Å². The van der Waals surface area contributed by atoms with Crippen molar-refractivity contribution in [2.24, 2.45) is 11.7 Å². The van der Waals surface area contributed by atoms with Gasteiger partial charge in [0.05, 0.1) is 12.0 Å². The molecule has 0 bridgehead atoms. The Morgan fingerprint density at radius 2 is 2.27 bits per heavy atom. The standard InChI is InChI=1S/C10H20N2O2.ClH/c1-2-14-9-7-8(9)10(13)12-6-4-3-5-11;/h8-9H,2-7,11H2,1H3,(H,12,13);1H. The molecule has 1 fully saturated rings. The molecule has 1 amide bonds. The SMILES string of the molecule is CCOC1CC1C(=O)NCCCCN.Cl.